The normalized spacial score (nSPS) is 22.0. The van der Waals surface area contributed by atoms with Gasteiger partial charge in [0, 0.05) is 38.0 Å². The maximum Gasteiger partial charge on any atom is 0.270 e. The Morgan fingerprint density at radius 3 is 2.48 bits per heavy atom. The Morgan fingerprint density at radius 1 is 1.33 bits per heavy atom. The fourth-order valence-corrected chi connectivity index (χ4v) is 3.04. The highest BCUT2D eigenvalue weighted by Gasteiger charge is 2.28. The molecule has 0 aliphatic carbocycles. The molecule has 21 heavy (non-hydrogen) atoms. The lowest BCUT2D eigenvalue weighted by atomic mass is 9.91. The standard InChI is InChI=1S/C15H21N3O3/c1-10-6-11(2)9-17(8-10)15(19)13-7-12(18(20)21)4-5-14(13)16-3/h4-5,7,10-11,16H,6,8-9H2,1-3H3/t10-,11+. The van der Waals surface area contributed by atoms with Gasteiger partial charge >= 0.3 is 0 Å². The molecular weight excluding hydrogens is 270 g/mol. The highest BCUT2D eigenvalue weighted by atomic mass is 16.6. The van der Waals surface area contributed by atoms with Gasteiger partial charge in [0.05, 0.1) is 10.5 Å². The summed E-state index contributed by atoms with van der Waals surface area (Å²) in [5.74, 6) is 0.769. The van der Waals surface area contributed by atoms with Crippen LogP contribution < -0.4 is 5.32 Å². The summed E-state index contributed by atoms with van der Waals surface area (Å²) >= 11 is 0. The number of amides is 1. The number of piperidine rings is 1. The van der Waals surface area contributed by atoms with E-state index in [4.69, 9.17) is 0 Å². The molecule has 6 heteroatoms. The number of hydrogen-bond acceptors (Lipinski definition) is 4. The molecule has 1 aliphatic heterocycles. The fourth-order valence-electron chi connectivity index (χ4n) is 3.04. The molecule has 114 valence electrons. The van der Waals surface area contributed by atoms with Crippen LogP contribution in [0.5, 0.6) is 0 Å². The summed E-state index contributed by atoms with van der Waals surface area (Å²) in [4.78, 5) is 25.0. The lowest BCUT2D eigenvalue weighted by molar-refractivity contribution is -0.384. The van der Waals surface area contributed by atoms with E-state index in [1.807, 2.05) is 0 Å². The average molecular weight is 291 g/mol. The Kier molecular flexibility index (Phi) is 4.45. The maximum atomic E-state index is 12.7. The molecule has 0 saturated carbocycles. The van der Waals surface area contributed by atoms with E-state index in [1.165, 1.54) is 12.1 Å². The Labute approximate surface area is 124 Å². The van der Waals surface area contributed by atoms with E-state index < -0.39 is 4.92 Å². The van der Waals surface area contributed by atoms with Gasteiger partial charge in [0.15, 0.2) is 0 Å². The summed E-state index contributed by atoms with van der Waals surface area (Å²) < 4.78 is 0. The van der Waals surface area contributed by atoms with Crippen molar-refractivity contribution in [1.29, 1.82) is 0 Å². The van der Waals surface area contributed by atoms with Crippen LogP contribution >= 0.6 is 0 Å². The molecule has 1 heterocycles. The Hall–Kier alpha value is -2.11. The minimum Gasteiger partial charge on any atom is -0.387 e. The number of hydrogen-bond donors (Lipinski definition) is 1. The van der Waals surface area contributed by atoms with E-state index in [0.717, 1.165) is 6.42 Å². The van der Waals surface area contributed by atoms with Crippen molar-refractivity contribution in [3.63, 3.8) is 0 Å². The number of likely N-dealkylation sites (tertiary alicyclic amines) is 1. The number of nitro groups is 1. The number of nitrogens with zero attached hydrogens (tertiary/aromatic N) is 2. The summed E-state index contributed by atoms with van der Waals surface area (Å²) in [6, 6.07) is 4.35. The highest BCUT2D eigenvalue weighted by molar-refractivity contribution is 6.00. The molecule has 1 aromatic rings. The van der Waals surface area contributed by atoms with E-state index >= 15 is 0 Å². The molecule has 2 rings (SSSR count). The number of benzene rings is 1. The van der Waals surface area contributed by atoms with E-state index in [9.17, 15) is 14.9 Å². The third-order valence-corrected chi connectivity index (χ3v) is 3.87. The summed E-state index contributed by atoms with van der Waals surface area (Å²) in [5, 5.41) is 13.9. The van der Waals surface area contributed by atoms with E-state index in [-0.39, 0.29) is 11.6 Å². The van der Waals surface area contributed by atoms with Crippen LogP contribution in [0.1, 0.15) is 30.6 Å². The Morgan fingerprint density at radius 2 is 1.95 bits per heavy atom. The molecule has 0 radical (unpaired) electrons. The molecule has 0 bridgehead atoms. The topological polar surface area (TPSA) is 75.5 Å². The molecular formula is C15H21N3O3. The molecule has 0 spiro atoms. The Balaban J connectivity index is 2.32. The average Bonchev–Trinajstić information content (AvgIpc) is 2.44. The van der Waals surface area contributed by atoms with Crippen molar-refractivity contribution in [1.82, 2.24) is 4.90 Å². The van der Waals surface area contributed by atoms with E-state index in [1.54, 1.807) is 18.0 Å². The predicted octanol–water partition coefficient (Wildman–Crippen LogP) is 2.75. The second-order valence-corrected chi connectivity index (χ2v) is 5.89. The first-order chi connectivity index (χ1) is 9.92. The number of carbonyl (C=O) groups excluding carboxylic acids is 1. The SMILES string of the molecule is CNc1ccc([N+](=O)[O-])cc1C(=O)N1C[C@H](C)C[C@H](C)C1. The Bertz CT molecular complexity index is 549. The zero-order chi connectivity index (χ0) is 15.6. The van der Waals surface area contributed by atoms with Crippen LogP contribution in [0.25, 0.3) is 0 Å². The van der Waals surface area contributed by atoms with Crippen molar-refractivity contribution in [3.05, 3.63) is 33.9 Å². The lowest BCUT2D eigenvalue weighted by Crippen LogP contribution is -2.42. The van der Waals surface area contributed by atoms with Crippen LogP contribution in [0.4, 0.5) is 11.4 Å². The second kappa shape index (κ2) is 6.11. The lowest BCUT2D eigenvalue weighted by Gasteiger charge is -2.35. The largest absolute Gasteiger partial charge is 0.387 e. The van der Waals surface area contributed by atoms with Gasteiger partial charge in [0.25, 0.3) is 11.6 Å². The maximum absolute atomic E-state index is 12.7. The van der Waals surface area contributed by atoms with Crippen molar-refractivity contribution in [2.45, 2.75) is 20.3 Å². The first-order valence-electron chi connectivity index (χ1n) is 7.17. The molecule has 1 amide bonds. The van der Waals surface area contributed by atoms with Crippen molar-refractivity contribution >= 4 is 17.3 Å². The van der Waals surface area contributed by atoms with Crippen LogP contribution in [0.2, 0.25) is 0 Å². The molecule has 1 N–H and O–H groups in total. The molecule has 6 nitrogen and oxygen atoms in total. The molecule has 0 aromatic heterocycles. The molecule has 1 aliphatic rings. The summed E-state index contributed by atoms with van der Waals surface area (Å²) in [5.41, 5.74) is 0.930. The van der Waals surface area contributed by atoms with Gasteiger partial charge in [-0.05, 0) is 24.3 Å². The van der Waals surface area contributed by atoms with Gasteiger partial charge in [-0.1, -0.05) is 13.8 Å². The third-order valence-electron chi connectivity index (χ3n) is 3.87. The zero-order valence-electron chi connectivity index (χ0n) is 12.6. The molecule has 1 saturated heterocycles. The number of non-ortho nitro benzene ring substituents is 1. The van der Waals surface area contributed by atoms with Crippen LogP contribution in [0, 0.1) is 22.0 Å². The summed E-state index contributed by atoms with van der Waals surface area (Å²) in [6.07, 6.45) is 1.11. The molecule has 0 unspecified atom stereocenters. The second-order valence-electron chi connectivity index (χ2n) is 5.89. The smallest absolute Gasteiger partial charge is 0.270 e. The zero-order valence-corrected chi connectivity index (χ0v) is 12.6. The third kappa shape index (κ3) is 3.32. The monoisotopic (exact) mass is 291 g/mol. The molecule has 1 aromatic carbocycles. The minimum absolute atomic E-state index is 0.0598. The van der Waals surface area contributed by atoms with Gasteiger partial charge in [0.1, 0.15) is 0 Å². The van der Waals surface area contributed by atoms with E-state index in [0.29, 0.717) is 36.2 Å². The van der Waals surface area contributed by atoms with E-state index in [2.05, 4.69) is 19.2 Å². The number of rotatable bonds is 3. The van der Waals surface area contributed by atoms with Gasteiger partial charge < -0.3 is 10.2 Å². The van der Waals surface area contributed by atoms with Crippen LogP contribution in [0.15, 0.2) is 18.2 Å². The summed E-state index contributed by atoms with van der Waals surface area (Å²) in [7, 11) is 1.71. The summed E-state index contributed by atoms with van der Waals surface area (Å²) in [6.45, 7) is 5.66. The van der Waals surface area contributed by atoms with Gasteiger partial charge in [-0.15, -0.1) is 0 Å². The van der Waals surface area contributed by atoms with Crippen molar-refractivity contribution in [3.8, 4) is 0 Å². The van der Waals surface area contributed by atoms with Crippen molar-refractivity contribution in [2.75, 3.05) is 25.5 Å². The minimum atomic E-state index is -0.475. The van der Waals surface area contributed by atoms with Gasteiger partial charge in [-0.25, -0.2) is 0 Å². The first kappa shape index (κ1) is 15.3. The van der Waals surface area contributed by atoms with Gasteiger partial charge in [0.2, 0.25) is 0 Å². The quantitative estimate of drug-likeness (QED) is 0.686. The predicted molar refractivity (Wildman–Crippen MR) is 81.5 cm³/mol. The van der Waals surface area contributed by atoms with Crippen molar-refractivity contribution in [2.24, 2.45) is 11.8 Å². The number of nitro benzene ring substituents is 1. The first-order valence-corrected chi connectivity index (χ1v) is 7.17. The molecule has 1 fully saturated rings. The van der Waals surface area contributed by atoms with Gasteiger partial charge in [-0.3, -0.25) is 14.9 Å². The highest BCUT2D eigenvalue weighted by Crippen LogP contribution is 2.27. The fraction of sp³-hybridized carbons (Fsp3) is 0.533. The van der Waals surface area contributed by atoms with Gasteiger partial charge in [-0.2, -0.15) is 0 Å². The molecule has 2 atom stereocenters. The number of anilines is 1. The van der Waals surface area contributed by atoms with Crippen molar-refractivity contribution < 1.29 is 9.72 Å². The van der Waals surface area contributed by atoms with Crippen LogP contribution in [-0.2, 0) is 0 Å². The number of carbonyl (C=O) groups is 1. The van der Waals surface area contributed by atoms with Crippen LogP contribution in [-0.4, -0.2) is 35.9 Å². The van der Waals surface area contributed by atoms with Crippen LogP contribution in [0.3, 0.4) is 0 Å². The number of nitrogens with one attached hydrogen (secondary N) is 1.